The Hall–Kier alpha value is -3.40. The van der Waals surface area contributed by atoms with Crippen LogP contribution in [0.2, 0.25) is 0 Å². The van der Waals surface area contributed by atoms with E-state index < -0.39 is 29.5 Å². The second-order valence-electron chi connectivity index (χ2n) is 3.64. The van der Waals surface area contributed by atoms with E-state index >= 15 is 0 Å². The van der Waals surface area contributed by atoms with E-state index in [4.69, 9.17) is 16.3 Å². The van der Waals surface area contributed by atoms with E-state index in [2.05, 4.69) is 10.1 Å². The predicted molar refractivity (Wildman–Crippen MR) is 67.7 cm³/mol. The number of rotatable bonds is 3. The highest BCUT2D eigenvalue weighted by Gasteiger charge is 2.32. The third-order valence-corrected chi connectivity index (χ3v) is 2.10. The molecule has 1 rings (SSSR count). The molecule has 0 bridgehead atoms. The molecule has 0 saturated heterocycles. The molecule has 0 aliphatic carbocycles. The van der Waals surface area contributed by atoms with Gasteiger partial charge in [0, 0.05) is 0 Å². The lowest BCUT2D eigenvalue weighted by atomic mass is 10.3. The first-order chi connectivity index (χ1) is 10.3. The van der Waals surface area contributed by atoms with E-state index in [0.29, 0.717) is 0 Å². The highest BCUT2D eigenvalue weighted by atomic mass is 19.4. The molecule has 0 radical (unpaired) electrons. The van der Waals surface area contributed by atoms with Crippen molar-refractivity contribution in [2.75, 3.05) is 5.32 Å². The van der Waals surface area contributed by atoms with Gasteiger partial charge in [0.1, 0.15) is 17.8 Å². The summed E-state index contributed by atoms with van der Waals surface area (Å²) >= 11 is 0. The molecular weight excluding hydrogens is 303 g/mol. The van der Waals surface area contributed by atoms with Crippen molar-refractivity contribution in [1.82, 2.24) is 5.32 Å². The number of hydrogen-bond donors (Lipinski definition) is 3. The van der Waals surface area contributed by atoms with Crippen molar-refractivity contribution in [1.29, 1.82) is 10.5 Å². The summed E-state index contributed by atoms with van der Waals surface area (Å²) in [6, 6.07) is 6.65. The summed E-state index contributed by atoms with van der Waals surface area (Å²) < 4.78 is 40.4. The highest BCUT2D eigenvalue weighted by molar-refractivity contribution is 5.92. The minimum Gasteiger partial charge on any atom is -0.404 e. The summed E-state index contributed by atoms with van der Waals surface area (Å²) in [4.78, 5) is 11.6. The van der Waals surface area contributed by atoms with Gasteiger partial charge in [-0.05, 0) is 12.1 Å². The van der Waals surface area contributed by atoms with Gasteiger partial charge in [0.25, 0.3) is 0 Å². The van der Waals surface area contributed by atoms with E-state index in [1.54, 1.807) is 0 Å². The lowest BCUT2D eigenvalue weighted by Gasteiger charge is -2.14. The van der Waals surface area contributed by atoms with Crippen molar-refractivity contribution in [3.8, 4) is 17.9 Å². The number of para-hydroxylation sites is 2. The van der Waals surface area contributed by atoms with Crippen LogP contribution in [-0.2, 0) is 0 Å². The number of ether oxygens (including phenoxy) is 1. The molecule has 1 aromatic carbocycles. The number of halogens is 3. The summed E-state index contributed by atoms with van der Waals surface area (Å²) in [6.45, 7) is 0. The second kappa shape index (κ2) is 6.85. The minimum absolute atomic E-state index is 0.287. The van der Waals surface area contributed by atoms with Crippen molar-refractivity contribution < 1.29 is 22.7 Å². The summed E-state index contributed by atoms with van der Waals surface area (Å²) in [7, 11) is 0. The monoisotopic (exact) mass is 311 g/mol. The van der Waals surface area contributed by atoms with Crippen LogP contribution in [0.5, 0.6) is 5.75 Å². The highest BCUT2D eigenvalue weighted by Crippen LogP contribution is 2.29. The van der Waals surface area contributed by atoms with E-state index in [-0.39, 0.29) is 5.69 Å². The van der Waals surface area contributed by atoms with Gasteiger partial charge in [-0.3, -0.25) is 5.32 Å². The van der Waals surface area contributed by atoms with Gasteiger partial charge in [0.15, 0.2) is 11.4 Å². The van der Waals surface area contributed by atoms with Crippen molar-refractivity contribution >= 4 is 11.7 Å². The Morgan fingerprint density at radius 1 is 1.23 bits per heavy atom. The Morgan fingerprint density at radius 2 is 1.86 bits per heavy atom. The first-order valence-electron chi connectivity index (χ1n) is 5.49. The average Bonchev–Trinajstić information content (AvgIpc) is 2.44. The molecule has 0 aliphatic rings. The zero-order valence-corrected chi connectivity index (χ0v) is 10.7. The molecule has 0 atom stereocenters. The zero-order chi connectivity index (χ0) is 16.8. The Balaban J connectivity index is 2.91. The maximum Gasteiger partial charge on any atom is 0.573 e. The summed E-state index contributed by atoms with van der Waals surface area (Å²) in [5.74, 6) is -0.638. The first kappa shape index (κ1) is 16.7. The van der Waals surface area contributed by atoms with Crippen LogP contribution in [0.15, 0.2) is 35.7 Å². The van der Waals surface area contributed by atoms with Gasteiger partial charge in [0.2, 0.25) is 0 Å². The SMILES string of the molecule is N#C/C(N)=C(\C#N)NC(=O)Nc1ccccc1OC(F)(F)F. The maximum atomic E-state index is 12.2. The van der Waals surface area contributed by atoms with Gasteiger partial charge in [0.05, 0.1) is 5.69 Å². The molecule has 0 unspecified atom stereocenters. The van der Waals surface area contributed by atoms with Gasteiger partial charge < -0.3 is 15.8 Å². The summed E-state index contributed by atoms with van der Waals surface area (Å²) in [6.07, 6.45) is -4.93. The van der Waals surface area contributed by atoms with Crippen molar-refractivity contribution in [3.05, 3.63) is 35.7 Å². The summed E-state index contributed by atoms with van der Waals surface area (Å²) in [5.41, 5.74) is 3.80. The molecule has 0 fully saturated rings. The Bertz CT molecular complexity index is 685. The number of hydrogen-bond acceptors (Lipinski definition) is 5. The second-order valence-corrected chi connectivity index (χ2v) is 3.64. The van der Waals surface area contributed by atoms with E-state index in [0.717, 1.165) is 12.1 Å². The Labute approximate surface area is 122 Å². The van der Waals surface area contributed by atoms with Crippen LogP contribution in [0.1, 0.15) is 0 Å². The minimum atomic E-state index is -4.93. The number of nitrogens with two attached hydrogens (primary N) is 1. The fourth-order valence-electron chi connectivity index (χ4n) is 1.26. The van der Waals surface area contributed by atoms with Crippen LogP contribution in [0.3, 0.4) is 0 Å². The first-order valence-corrected chi connectivity index (χ1v) is 5.49. The zero-order valence-electron chi connectivity index (χ0n) is 10.7. The molecule has 10 heteroatoms. The normalized spacial score (nSPS) is 11.5. The van der Waals surface area contributed by atoms with Gasteiger partial charge >= 0.3 is 12.4 Å². The Morgan fingerprint density at radius 3 is 2.41 bits per heavy atom. The number of nitriles is 2. The van der Waals surface area contributed by atoms with Gasteiger partial charge in [-0.1, -0.05) is 12.1 Å². The third-order valence-electron chi connectivity index (χ3n) is 2.10. The molecule has 1 aromatic rings. The number of carbonyl (C=O) groups excluding carboxylic acids is 1. The average molecular weight is 311 g/mol. The van der Waals surface area contributed by atoms with Crippen LogP contribution >= 0.6 is 0 Å². The number of benzene rings is 1. The van der Waals surface area contributed by atoms with Crippen LogP contribution in [0, 0.1) is 22.7 Å². The fraction of sp³-hybridized carbons (Fsp3) is 0.0833. The van der Waals surface area contributed by atoms with Crippen molar-refractivity contribution in [3.63, 3.8) is 0 Å². The van der Waals surface area contributed by atoms with Crippen LogP contribution < -0.4 is 21.1 Å². The molecule has 0 spiro atoms. The summed E-state index contributed by atoms with van der Waals surface area (Å²) in [5, 5.41) is 21.2. The molecule has 0 heterocycles. The van der Waals surface area contributed by atoms with E-state index in [9.17, 15) is 18.0 Å². The molecule has 4 N–H and O–H groups in total. The molecule has 2 amide bonds. The number of amides is 2. The Kier molecular flexibility index (Phi) is 5.19. The lowest BCUT2D eigenvalue weighted by Crippen LogP contribution is -2.30. The van der Waals surface area contributed by atoms with Gasteiger partial charge in [-0.15, -0.1) is 13.2 Å². The number of nitrogens with one attached hydrogen (secondary N) is 2. The molecule has 114 valence electrons. The van der Waals surface area contributed by atoms with Gasteiger partial charge in [-0.2, -0.15) is 10.5 Å². The molecule has 0 aromatic heterocycles. The van der Waals surface area contributed by atoms with E-state index in [1.807, 2.05) is 5.32 Å². The molecule has 7 nitrogen and oxygen atoms in total. The topological polar surface area (TPSA) is 124 Å². The number of anilines is 1. The molecule has 0 aliphatic heterocycles. The molecular formula is C12H8F3N5O2. The third kappa shape index (κ3) is 4.94. The fourth-order valence-corrected chi connectivity index (χ4v) is 1.26. The number of alkyl halides is 3. The standard InChI is InChI=1S/C12H8F3N5O2/c13-12(14,15)22-10-4-2-1-3-8(10)19-11(21)20-9(6-17)7(18)5-16/h1-4H,18H2,(H2,19,20,21)/b9-7-. The number of carbonyl (C=O) groups is 1. The van der Waals surface area contributed by atoms with Crippen LogP contribution in [-0.4, -0.2) is 12.4 Å². The largest absolute Gasteiger partial charge is 0.573 e. The van der Waals surface area contributed by atoms with E-state index in [1.165, 1.54) is 24.3 Å². The van der Waals surface area contributed by atoms with Gasteiger partial charge in [-0.25, -0.2) is 4.79 Å². The van der Waals surface area contributed by atoms with Crippen molar-refractivity contribution in [2.45, 2.75) is 6.36 Å². The van der Waals surface area contributed by atoms with Crippen LogP contribution in [0.4, 0.5) is 23.7 Å². The quantitative estimate of drug-likeness (QED) is 0.736. The number of urea groups is 1. The molecule has 0 saturated carbocycles. The lowest BCUT2D eigenvalue weighted by molar-refractivity contribution is -0.274. The molecule has 22 heavy (non-hydrogen) atoms. The van der Waals surface area contributed by atoms with Crippen LogP contribution in [0.25, 0.3) is 0 Å². The predicted octanol–water partition coefficient (Wildman–Crippen LogP) is 1.92. The number of allylic oxidation sites excluding steroid dienone is 2. The smallest absolute Gasteiger partial charge is 0.404 e. The van der Waals surface area contributed by atoms with Crippen molar-refractivity contribution in [2.24, 2.45) is 5.73 Å². The maximum absolute atomic E-state index is 12.2. The number of nitrogens with zero attached hydrogens (tertiary/aromatic N) is 2.